The van der Waals surface area contributed by atoms with Crippen LogP contribution in [0.3, 0.4) is 0 Å². The van der Waals surface area contributed by atoms with Crippen molar-refractivity contribution in [2.24, 2.45) is 0 Å². The normalized spacial score (nSPS) is 9.06. The standard InChI is InChI=1S/C13H11FN.CH3.Sc/c1-10-6-7-15-9-12(10)8-11-4-2-3-5-13(11)14;;/h2-4,6-7,9H,8H2,1H3;1H3;/q2*-1;. The molecule has 1 radical (unpaired) electrons. The molecule has 0 N–H and O–H groups in total. The molecule has 0 aliphatic rings. The summed E-state index contributed by atoms with van der Waals surface area (Å²) >= 11 is 0. The SMILES string of the molecule is Cc1ccncc1Cc1ccc[c-]c1F.[CH3-].[Sc]. The monoisotopic (exact) mass is 260 g/mol. The molecule has 0 unspecified atom stereocenters. The Morgan fingerprint density at radius 1 is 1.29 bits per heavy atom. The maximum atomic E-state index is 13.3. The predicted octanol–water partition coefficient (Wildman–Crippen LogP) is 3.37. The number of pyridine rings is 1. The fraction of sp³-hybridized carbons (Fsp3) is 0.143. The molecular formula is C14H14FNSc-2. The van der Waals surface area contributed by atoms with Gasteiger partial charge in [0.15, 0.2) is 0 Å². The first-order valence-electron chi connectivity index (χ1n) is 4.82. The molecule has 0 spiro atoms. The topological polar surface area (TPSA) is 12.9 Å². The van der Waals surface area contributed by atoms with Crippen molar-refractivity contribution < 1.29 is 30.2 Å². The summed E-state index contributed by atoms with van der Waals surface area (Å²) in [6.07, 6.45) is 4.09. The number of nitrogens with zero attached hydrogens (tertiary/aromatic N) is 1. The van der Waals surface area contributed by atoms with E-state index in [-0.39, 0.29) is 39.1 Å². The molecule has 1 nitrogen and oxygen atoms in total. The second-order valence-corrected chi connectivity index (χ2v) is 3.49. The van der Waals surface area contributed by atoms with E-state index in [1.807, 2.05) is 13.0 Å². The van der Waals surface area contributed by atoms with Crippen molar-refractivity contribution in [1.29, 1.82) is 0 Å². The number of hydrogen-bond acceptors (Lipinski definition) is 1. The zero-order chi connectivity index (χ0) is 10.7. The van der Waals surface area contributed by atoms with E-state index in [0.717, 1.165) is 11.1 Å². The maximum absolute atomic E-state index is 13.3. The first kappa shape index (κ1) is 16.2. The van der Waals surface area contributed by atoms with Crippen LogP contribution < -0.4 is 0 Å². The predicted molar refractivity (Wildman–Crippen MR) is 63.4 cm³/mol. The third-order valence-corrected chi connectivity index (χ3v) is 2.41. The van der Waals surface area contributed by atoms with Crippen LogP contribution in [0.4, 0.5) is 4.39 Å². The average Bonchev–Trinajstić information content (AvgIpc) is 2.24. The summed E-state index contributed by atoms with van der Waals surface area (Å²) in [6.45, 7) is 2.00. The van der Waals surface area contributed by atoms with Gasteiger partial charge in [-0.2, -0.15) is 18.2 Å². The van der Waals surface area contributed by atoms with E-state index < -0.39 is 0 Å². The molecule has 0 saturated carbocycles. The van der Waals surface area contributed by atoms with E-state index in [4.69, 9.17) is 0 Å². The van der Waals surface area contributed by atoms with Crippen LogP contribution in [0.15, 0.2) is 36.7 Å². The average molecular weight is 260 g/mol. The maximum Gasteiger partial charge on any atom is 0.0295 e. The van der Waals surface area contributed by atoms with E-state index in [1.165, 1.54) is 0 Å². The van der Waals surface area contributed by atoms with Gasteiger partial charge in [0.1, 0.15) is 0 Å². The van der Waals surface area contributed by atoms with E-state index >= 15 is 0 Å². The van der Waals surface area contributed by atoms with Crippen molar-refractivity contribution in [1.82, 2.24) is 4.98 Å². The third-order valence-electron chi connectivity index (χ3n) is 2.41. The minimum atomic E-state index is -0.277. The Morgan fingerprint density at radius 2 is 2.06 bits per heavy atom. The zero-order valence-corrected chi connectivity index (χ0v) is 11.9. The van der Waals surface area contributed by atoms with Crippen molar-refractivity contribution in [2.45, 2.75) is 13.3 Å². The van der Waals surface area contributed by atoms with Crippen molar-refractivity contribution in [3.05, 3.63) is 72.7 Å². The van der Waals surface area contributed by atoms with Gasteiger partial charge >= 0.3 is 0 Å². The molecule has 17 heavy (non-hydrogen) atoms. The molecule has 0 aliphatic carbocycles. The van der Waals surface area contributed by atoms with Gasteiger partial charge in [0, 0.05) is 44.1 Å². The number of aryl methyl sites for hydroxylation is 1. The van der Waals surface area contributed by atoms with Gasteiger partial charge in [-0.25, -0.2) is 4.39 Å². The van der Waals surface area contributed by atoms with E-state index in [9.17, 15) is 4.39 Å². The van der Waals surface area contributed by atoms with Crippen LogP contribution in [0.1, 0.15) is 16.7 Å². The molecule has 2 rings (SSSR count). The largest absolute Gasteiger partial charge is 0.358 e. The molecule has 0 fully saturated rings. The molecule has 1 aromatic carbocycles. The smallest absolute Gasteiger partial charge is 0.0295 e. The fourth-order valence-corrected chi connectivity index (χ4v) is 1.47. The summed E-state index contributed by atoms with van der Waals surface area (Å²) in [7, 11) is 0. The van der Waals surface area contributed by atoms with Gasteiger partial charge in [0.25, 0.3) is 0 Å². The van der Waals surface area contributed by atoms with E-state index in [0.29, 0.717) is 12.0 Å². The van der Waals surface area contributed by atoms with Crippen LogP contribution in [-0.2, 0) is 32.3 Å². The van der Waals surface area contributed by atoms with E-state index in [2.05, 4.69) is 11.1 Å². The summed E-state index contributed by atoms with van der Waals surface area (Å²) < 4.78 is 13.3. The molecule has 2 aromatic rings. The Hall–Kier alpha value is -0.830. The van der Waals surface area contributed by atoms with Gasteiger partial charge in [0.05, 0.1) is 0 Å². The number of rotatable bonds is 2. The molecule has 0 aliphatic heterocycles. The zero-order valence-electron chi connectivity index (χ0n) is 10.1. The molecule has 3 heteroatoms. The van der Waals surface area contributed by atoms with Crippen LogP contribution in [0.25, 0.3) is 0 Å². The third kappa shape index (κ3) is 4.15. The molecule has 1 aromatic heterocycles. The summed E-state index contributed by atoms with van der Waals surface area (Å²) in [5.41, 5.74) is 2.85. The minimum absolute atomic E-state index is 0. The van der Waals surface area contributed by atoms with Crippen molar-refractivity contribution >= 4 is 0 Å². The number of aromatic nitrogens is 1. The minimum Gasteiger partial charge on any atom is -0.358 e. The molecule has 87 valence electrons. The Kier molecular flexibility index (Phi) is 7.12. The number of benzene rings is 1. The Morgan fingerprint density at radius 3 is 2.71 bits per heavy atom. The number of halogens is 1. The van der Waals surface area contributed by atoms with Gasteiger partial charge < -0.3 is 7.43 Å². The van der Waals surface area contributed by atoms with Crippen LogP contribution in [0, 0.1) is 26.2 Å². The summed E-state index contributed by atoms with van der Waals surface area (Å²) in [5, 5.41) is 0. The first-order chi connectivity index (χ1) is 7.27. The Bertz CT molecular complexity index is 428. The first-order valence-corrected chi connectivity index (χ1v) is 4.82. The molecule has 1 heterocycles. The molecular weight excluding hydrogens is 246 g/mol. The fourth-order valence-electron chi connectivity index (χ4n) is 1.47. The summed E-state index contributed by atoms with van der Waals surface area (Å²) in [6, 6.07) is 9.63. The summed E-state index contributed by atoms with van der Waals surface area (Å²) in [4.78, 5) is 4.04. The molecule has 0 atom stereocenters. The van der Waals surface area contributed by atoms with Crippen molar-refractivity contribution in [3.63, 3.8) is 0 Å². The van der Waals surface area contributed by atoms with Crippen LogP contribution in [-0.4, -0.2) is 4.98 Å². The van der Waals surface area contributed by atoms with Gasteiger partial charge in [-0.1, -0.05) is 0 Å². The quantitative estimate of drug-likeness (QED) is 0.754. The number of hydrogen-bond donors (Lipinski definition) is 0. The van der Waals surface area contributed by atoms with Crippen molar-refractivity contribution in [3.8, 4) is 0 Å². The molecule has 0 amide bonds. The van der Waals surface area contributed by atoms with E-state index in [1.54, 1.807) is 30.6 Å². The molecule has 0 bridgehead atoms. The Labute approximate surface area is 121 Å². The van der Waals surface area contributed by atoms with Crippen LogP contribution in [0.5, 0.6) is 0 Å². The Balaban J connectivity index is 0.00000128. The van der Waals surface area contributed by atoms with Crippen molar-refractivity contribution in [2.75, 3.05) is 0 Å². The van der Waals surface area contributed by atoms with Gasteiger partial charge in [-0.3, -0.25) is 4.98 Å². The second kappa shape index (κ2) is 7.49. The van der Waals surface area contributed by atoms with Gasteiger partial charge in [-0.15, -0.1) is 11.6 Å². The van der Waals surface area contributed by atoms with Crippen LogP contribution >= 0.6 is 0 Å². The molecule has 0 saturated heterocycles. The summed E-state index contributed by atoms with van der Waals surface area (Å²) in [5.74, 6) is -0.277. The van der Waals surface area contributed by atoms with Gasteiger partial charge in [-0.05, 0) is 30.5 Å². The van der Waals surface area contributed by atoms with Gasteiger partial charge in [0.2, 0.25) is 0 Å². The van der Waals surface area contributed by atoms with Crippen LogP contribution in [0.2, 0.25) is 0 Å². The second-order valence-electron chi connectivity index (χ2n) is 3.49.